The molecular weight excluding hydrogens is 268 g/mol. The molecule has 0 fully saturated rings. The monoisotopic (exact) mass is 284 g/mol. The molecule has 0 heterocycles. The summed E-state index contributed by atoms with van der Waals surface area (Å²) in [6, 6.07) is 9.70. The highest BCUT2D eigenvalue weighted by Crippen LogP contribution is 2.15. The maximum Gasteiger partial charge on any atom is 0.320 e. The number of benzene rings is 1. The highest BCUT2D eigenvalue weighted by Gasteiger charge is 2.17. The van der Waals surface area contributed by atoms with Gasteiger partial charge in [0.1, 0.15) is 11.4 Å². The van der Waals surface area contributed by atoms with E-state index in [0.717, 1.165) is 12.0 Å². The van der Waals surface area contributed by atoms with Gasteiger partial charge in [0.2, 0.25) is 0 Å². The lowest BCUT2D eigenvalue weighted by atomic mass is 10.1. The zero-order valence-electron chi connectivity index (χ0n) is 9.65. The Morgan fingerprint density at radius 3 is 2.50 bits per heavy atom. The topological polar surface area (TPSA) is 26.3 Å². The fraction of sp³-hybridized carbons (Fsp3) is 0.462. The van der Waals surface area contributed by atoms with Crippen molar-refractivity contribution in [1.29, 1.82) is 0 Å². The summed E-state index contributed by atoms with van der Waals surface area (Å²) < 4.78 is 5.20. The van der Waals surface area contributed by atoms with Crippen LogP contribution in [0, 0.1) is 5.92 Å². The molecule has 0 unspecified atom stereocenters. The molecule has 0 bridgehead atoms. The number of alkyl halides is 1. The molecule has 0 N–H and O–H groups in total. The second-order valence-corrected chi connectivity index (χ2v) is 5.30. The number of hydrogen-bond donors (Lipinski definition) is 0. The lowest BCUT2D eigenvalue weighted by Crippen LogP contribution is -2.19. The van der Waals surface area contributed by atoms with Gasteiger partial charge in [0.15, 0.2) is 0 Å². The van der Waals surface area contributed by atoms with Crippen molar-refractivity contribution in [2.45, 2.75) is 31.7 Å². The van der Waals surface area contributed by atoms with Crippen LogP contribution in [-0.2, 0) is 16.1 Å². The Morgan fingerprint density at radius 1 is 1.31 bits per heavy atom. The Labute approximate surface area is 105 Å². The number of ether oxygens (including phenoxy) is 1. The lowest BCUT2D eigenvalue weighted by molar-refractivity contribution is -0.144. The molecule has 1 rings (SSSR count). The second kappa shape index (κ2) is 6.69. The molecule has 16 heavy (non-hydrogen) atoms. The van der Waals surface area contributed by atoms with E-state index in [1.807, 2.05) is 30.3 Å². The Hall–Kier alpha value is -0.830. The van der Waals surface area contributed by atoms with Gasteiger partial charge in [-0.3, -0.25) is 4.79 Å². The Balaban J connectivity index is 2.35. The van der Waals surface area contributed by atoms with Crippen LogP contribution < -0.4 is 0 Å². The summed E-state index contributed by atoms with van der Waals surface area (Å²) in [4.78, 5) is 11.4. The third-order valence-electron chi connectivity index (χ3n) is 2.16. The van der Waals surface area contributed by atoms with E-state index < -0.39 is 0 Å². The number of carbonyl (C=O) groups excluding carboxylic acids is 1. The average molecular weight is 285 g/mol. The number of rotatable bonds is 5. The van der Waals surface area contributed by atoms with Crippen molar-refractivity contribution in [2.75, 3.05) is 0 Å². The first-order valence-electron chi connectivity index (χ1n) is 5.44. The Bertz CT molecular complexity index is 322. The standard InChI is InChI=1S/C13H17BrO2/c1-10(2)8-12(14)13(15)16-9-11-6-4-3-5-7-11/h3-7,10,12H,8-9H2,1-2H3/t12-/m0/s1. The first-order chi connectivity index (χ1) is 7.59. The van der Waals surface area contributed by atoms with E-state index in [9.17, 15) is 4.79 Å². The van der Waals surface area contributed by atoms with Gasteiger partial charge in [0, 0.05) is 0 Å². The minimum Gasteiger partial charge on any atom is -0.460 e. The molecule has 1 aromatic rings. The third-order valence-corrected chi connectivity index (χ3v) is 2.91. The van der Waals surface area contributed by atoms with Crippen LogP contribution in [0.15, 0.2) is 30.3 Å². The SMILES string of the molecule is CC(C)C[C@H](Br)C(=O)OCc1ccccc1. The Morgan fingerprint density at radius 2 is 1.94 bits per heavy atom. The smallest absolute Gasteiger partial charge is 0.320 e. The molecule has 0 aliphatic carbocycles. The fourth-order valence-corrected chi connectivity index (χ4v) is 2.21. The van der Waals surface area contributed by atoms with Gasteiger partial charge in [0.05, 0.1) is 0 Å². The predicted molar refractivity (Wildman–Crippen MR) is 68.4 cm³/mol. The number of carbonyl (C=O) groups is 1. The number of hydrogen-bond acceptors (Lipinski definition) is 2. The third kappa shape index (κ3) is 4.79. The zero-order chi connectivity index (χ0) is 12.0. The number of halogens is 1. The maximum atomic E-state index is 11.6. The van der Waals surface area contributed by atoms with Crippen LogP contribution in [-0.4, -0.2) is 10.8 Å². The molecule has 3 heteroatoms. The van der Waals surface area contributed by atoms with Crippen LogP contribution >= 0.6 is 15.9 Å². The highest BCUT2D eigenvalue weighted by atomic mass is 79.9. The van der Waals surface area contributed by atoms with Crippen molar-refractivity contribution < 1.29 is 9.53 Å². The largest absolute Gasteiger partial charge is 0.460 e. The van der Waals surface area contributed by atoms with Crippen LogP contribution in [0.25, 0.3) is 0 Å². The minimum absolute atomic E-state index is 0.183. The van der Waals surface area contributed by atoms with Crippen LogP contribution in [0.4, 0.5) is 0 Å². The maximum absolute atomic E-state index is 11.6. The van der Waals surface area contributed by atoms with Crippen LogP contribution in [0.1, 0.15) is 25.8 Å². The van der Waals surface area contributed by atoms with Gasteiger partial charge in [-0.1, -0.05) is 60.1 Å². The zero-order valence-corrected chi connectivity index (χ0v) is 11.2. The Kier molecular flexibility index (Phi) is 5.53. The van der Waals surface area contributed by atoms with Gasteiger partial charge in [-0.15, -0.1) is 0 Å². The van der Waals surface area contributed by atoms with Crippen molar-refractivity contribution in [1.82, 2.24) is 0 Å². The molecule has 0 amide bonds. The molecule has 1 atom stereocenters. The van der Waals surface area contributed by atoms with E-state index in [2.05, 4.69) is 29.8 Å². The van der Waals surface area contributed by atoms with Crippen LogP contribution in [0.3, 0.4) is 0 Å². The summed E-state index contributed by atoms with van der Waals surface area (Å²) in [5.74, 6) is 0.297. The molecule has 0 saturated carbocycles. The molecule has 2 nitrogen and oxygen atoms in total. The summed E-state index contributed by atoms with van der Waals surface area (Å²) in [6.07, 6.45) is 0.799. The second-order valence-electron chi connectivity index (χ2n) is 4.19. The predicted octanol–water partition coefficient (Wildman–Crippen LogP) is 3.54. The molecule has 0 aliphatic heterocycles. The summed E-state index contributed by atoms with van der Waals surface area (Å²) in [5, 5.41) is 0. The minimum atomic E-state index is -0.198. The van der Waals surface area contributed by atoms with Gasteiger partial charge in [-0.25, -0.2) is 0 Å². The first kappa shape index (κ1) is 13.2. The first-order valence-corrected chi connectivity index (χ1v) is 6.35. The van der Waals surface area contributed by atoms with E-state index in [0.29, 0.717) is 12.5 Å². The summed E-state index contributed by atoms with van der Waals surface area (Å²) in [5.41, 5.74) is 1.01. The lowest BCUT2D eigenvalue weighted by Gasteiger charge is -2.11. The van der Waals surface area contributed by atoms with Gasteiger partial charge >= 0.3 is 5.97 Å². The van der Waals surface area contributed by atoms with Gasteiger partial charge in [-0.2, -0.15) is 0 Å². The van der Waals surface area contributed by atoms with Crippen LogP contribution in [0.2, 0.25) is 0 Å². The molecule has 0 saturated heterocycles. The average Bonchev–Trinajstić information content (AvgIpc) is 2.26. The highest BCUT2D eigenvalue weighted by molar-refractivity contribution is 9.10. The van der Waals surface area contributed by atoms with Crippen molar-refractivity contribution in [3.8, 4) is 0 Å². The quantitative estimate of drug-likeness (QED) is 0.611. The summed E-state index contributed by atoms with van der Waals surface area (Å²) >= 11 is 3.34. The summed E-state index contributed by atoms with van der Waals surface area (Å²) in [6.45, 7) is 4.51. The molecule has 88 valence electrons. The van der Waals surface area contributed by atoms with Crippen molar-refractivity contribution in [3.05, 3.63) is 35.9 Å². The van der Waals surface area contributed by atoms with Gasteiger partial charge < -0.3 is 4.74 Å². The van der Waals surface area contributed by atoms with Gasteiger partial charge in [0.25, 0.3) is 0 Å². The molecule has 1 aromatic carbocycles. The van der Waals surface area contributed by atoms with E-state index >= 15 is 0 Å². The molecule has 0 aliphatic rings. The van der Waals surface area contributed by atoms with E-state index in [1.165, 1.54) is 0 Å². The van der Waals surface area contributed by atoms with Gasteiger partial charge in [-0.05, 0) is 17.9 Å². The van der Waals surface area contributed by atoms with Crippen molar-refractivity contribution in [2.24, 2.45) is 5.92 Å². The fourth-order valence-electron chi connectivity index (χ4n) is 1.33. The van der Waals surface area contributed by atoms with Crippen molar-refractivity contribution in [3.63, 3.8) is 0 Å². The van der Waals surface area contributed by atoms with E-state index in [-0.39, 0.29) is 10.8 Å². The van der Waals surface area contributed by atoms with E-state index in [4.69, 9.17) is 4.74 Å². The molecule has 0 aromatic heterocycles. The molecule has 0 radical (unpaired) electrons. The normalized spacial score (nSPS) is 12.5. The van der Waals surface area contributed by atoms with E-state index in [1.54, 1.807) is 0 Å². The molecule has 0 spiro atoms. The number of esters is 1. The molecular formula is C13H17BrO2. The summed E-state index contributed by atoms with van der Waals surface area (Å²) in [7, 11) is 0. The van der Waals surface area contributed by atoms with Crippen LogP contribution in [0.5, 0.6) is 0 Å². The van der Waals surface area contributed by atoms with Crippen molar-refractivity contribution >= 4 is 21.9 Å².